The zero-order valence-electron chi connectivity index (χ0n) is 23.0. The third-order valence-electron chi connectivity index (χ3n) is 5.20. The molecule has 2 rings (SSSR count). The second-order valence-corrected chi connectivity index (χ2v) is 13.9. The van der Waals surface area contributed by atoms with Crippen LogP contribution in [0.25, 0.3) is 0 Å². The number of nitrogens with two attached hydrogens (primary N) is 2. The minimum absolute atomic E-state index is 0.00620. The average molecular weight is 537 g/mol. The Hall–Kier alpha value is -2.46. The Balaban J connectivity index is 0.000000362. The van der Waals surface area contributed by atoms with Crippen molar-refractivity contribution in [2.24, 2.45) is 11.8 Å². The van der Waals surface area contributed by atoms with Crippen molar-refractivity contribution < 1.29 is 18.0 Å². The molecule has 2 heterocycles. The first kappa shape index (κ1) is 31.6. The Morgan fingerprint density at radius 3 is 1.58 bits per heavy atom. The maximum absolute atomic E-state index is 12.1. The Labute approximate surface area is 220 Å². The molecule has 0 aliphatic heterocycles. The van der Waals surface area contributed by atoms with E-state index in [-0.39, 0.29) is 39.7 Å². The minimum Gasteiger partial charge on any atom is -0.397 e. The number of pyridine rings is 2. The molecule has 0 spiro atoms. The topological polar surface area (TPSA) is 146 Å². The van der Waals surface area contributed by atoms with Crippen LogP contribution in [0.5, 0.6) is 0 Å². The molecule has 0 radical (unpaired) electrons. The maximum Gasteiger partial charge on any atom is 0.185 e. The molecule has 4 N–H and O–H groups in total. The number of aryl methyl sites for hydroxylation is 2. The second-order valence-electron chi connectivity index (χ2n) is 9.82. The number of nitrogens with zero attached hydrogens (tertiary/aromatic N) is 2. The fourth-order valence-corrected chi connectivity index (χ4v) is 5.24. The van der Waals surface area contributed by atoms with Crippen LogP contribution in [0, 0.1) is 25.7 Å². The lowest BCUT2D eigenvalue weighted by Gasteiger charge is -2.14. The van der Waals surface area contributed by atoms with Crippen LogP contribution in [0.2, 0.25) is 0 Å². The fourth-order valence-electron chi connectivity index (χ4n) is 3.06. The summed E-state index contributed by atoms with van der Waals surface area (Å²) >= 11 is 1.71. The van der Waals surface area contributed by atoms with E-state index in [1.54, 1.807) is 46.4 Å². The number of ketones is 2. The quantitative estimate of drug-likeness (QED) is 0.338. The molecule has 0 unspecified atom stereocenters. The number of hydrogen-bond donors (Lipinski definition) is 2. The Morgan fingerprint density at radius 1 is 0.778 bits per heavy atom. The molecule has 0 fully saturated rings. The van der Waals surface area contributed by atoms with Crippen molar-refractivity contribution in [2.75, 3.05) is 11.5 Å². The van der Waals surface area contributed by atoms with Gasteiger partial charge in [0.05, 0.1) is 32.9 Å². The summed E-state index contributed by atoms with van der Waals surface area (Å²) in [6.45, 7) is 18.1. The van der Waals surface area contributed by atoms with Gasteiger partial charge in [0, 0.05) is 22.0 Å². The van der Waals surface area contributed by atoms with Gasteiger partial charge in [0.1, 0.15) is 11.4 Å². The van der Waals surface area contributed by atoms with Gasteiger partial charge in [-0.1, -0.05) is 41.5 Å². The number of aromatic nitrogens is 2. The lowest BCUT2D eigenvalue weighted by Crippen LogP contribution is -2.19. The highest BCUT2D eigenvalue weighted by Gasteiger charge is 2.25. The highest BCUT2D eigenvalue weighted by atomic mass is 32.2. The number of sulfone groups is 1. The van der Waals surface area contributed by atoms with Crippen molar-refractivity contribution in [1.29, 1.82) is 0 Å². The van der Waals surface area contributed by atoms with Crippen molar-refractivity contribution in [3.05, 3.63) is 34.9 Å². The number of hydrogen-bond acceptors (Lipinski definition) is 9. The molecule has 0 aromatic carbocycles. The summed E-state index contributed by atoms with van der Waals surface area (Å²) in [6, 6.07) is 3.20. The number of anilines is 2. The molecule has 0 aliphatic rings. The molecule has 0 bridgehead atoms. The van der Waals surface area contributed by atoms with E-state index in [0.717, 1.165) is 10.6 Å². The van der Waals surface area contributed by atoms with E-state index in [4.69, 9.17) is 11.5 Å². The van der Waals surface area contributed by atoms with Crippen molar-refractivity contribution in [3.63, 3.8) is 0 Å². The summed E-state index contributed by atoms with van der Waals surface area (Å²) in [4.78, 5) is 33.4. The molecular weight excluding hydrogens is 496 g/mol. The normalized spacial score (nSPS) is 11.7. The summed E-state index contributed by atoms with van der Waals surface area (Å²) in [5.41, 5.74) is 14.0. The Morgan fingerprint density at radius 2 is 1.19 bits per heavy atom. The third kappa shape index (κ3) is 7.77. The van der Waals surface area contributed by atoms with Crippen molar-refractivity contribution in [2.45, 2.75) is 89.5 Å². The van der Waals surface area contributed by atoms with Gasteiger partial charge >= 0.3 is 0 Å². The van der Waals surface area contributed by atoms with E-state index < -0.39 is 15.1 Å². The first-order valence-electron chi connectivity index (χ1n) is 11.9. The molecule has 2 aromatic heterocycles. The largest absolute Gasteiger partial charge is 0.397 e. The number of rotatable bonds is 8. The van der Waals surface area contributed by atoms with E-state index in [1.165, 1.54) is 6.07 Å². The first-order chi connectivity index (χ1) is 16.4. The molecule has 0 amide bonds. The highest BCUT2D eigenvalue weighted by Crippen LogP contribution is 2.29. The summed E-state index contributed by atoms with van der Waals surface area (Å²) in [6.07, 6.45) is 0. The van der Waals surface area contributed by atoms with Crippen molar-refractivity contribution in [3.8, 4) is 0 Å². The number of carbonyl (C=O) groups excluding carboxylic acids is 2. The number of Topliss-reactive ketones (excluding diaryl/α,β-unsaturated/α-hetero) is 2. The van der Waals surface area contributed by atoms with Crippen LogP contribution in [0.1, 0.15) is 87.8 Å². The van der Waals surface area contributed by atoms with Gasteiger partial charge in [-0.2, -0.15) is 0 Å². The van der Waals surface area contributed by atoms with Crippen LogP contribution < -0.4 is 11.5 Å². The smallest absolute Gasteiger partial charge is 0.185 e. The summed E-state index contributed by atoms with van der Waals surface area (Å²) in [5.74, 6) is -0.490. The van der Waals surface area contributed by atoms with Crippen molar-refractivity contribution >= 4 is 44.5 Å². The van der Waals surface area contributed by atoms with Gasteiger partial charge in [-0.25, -0.2) is 18.4 Å². The summed E-state index contributed by atoms with van der Waals surface area (Å²) < 4.78 is 24.3. The SMILES string of the molecule is Cc1nc(C(=O)C(C)C)c(N)cc1S(=O)(=O)C(C)C.Cc1nc(C(=O)C(C)C)c(N)cc1SC(C)C. The van der Waals surface area contributed by atoms with Crippen LogP contribution in [0.4, 0.5) is 11.4 Å². The molecule has 0 aliphatic carbocycles. The monoisotopic (exact) mass is 536 g/mol. The van der Waals surface area contributed by atoms with Gasteiger partial charge in [0.15, 0.2) is 21.4 Å². The molecule has 0 saturated heterocycles. The third-order valence-corrected chi connectivity index (χ3v) is 8.60. The van der Waals surface area contributed by atoms with Crippen LogP contribution in [0.3, 0.4) is 0 Å². The minimum atomic E-state index is -3.45. The average Bonchev–Trinajstić information content (AvgIpc) is 2.76. The van der Waals surface area contributed by atoms with Crippen LogP contribution in [0.15, 0.2) is 21.9 Å². The van der Waals surface area contributed by atoms with Gasteiger partial charge < -0.3 is 11.5 Å². The Bertz CT molecular complexity index is 1220. The van der Waals surface area contributed by atoms with Gasteiger partial charge in [-0.15, -0.1) is 11.8 Å². The first-order valence-corrected chi connectivity index (χ1v) is 14.4. The molecule has 0 saturated carbocycles. The summed E-state index contributed by atoms with van der Waals surface area (Å²) in [7, 11) is -3.45. The molecule has 8 nitrogen and oxygen atoms in total. The number of thioether (sulfide) groups is 1. The lowest BCUT2D eigenvalue weighted by atomic mass is 10.0. The fraction of sp³-hybridized carbons (Fsp3) is 0.538. The molecule has 10 heteroatoms. The molecule has 0 atom stereocenters. The van der Waals surface area contributed by atoms with E-state index in [2.05, 4.69) is 23.8 Å². The second kappa shape index (κ2) is 12.7. The highest BCUT2D eigenvalue weighted by molar-refractivity contribution is 8.00. The zero-order valence-corrected chi connectivity index (χ0v) is 24.6. The summed E-state index contributed by atoms with van der Waals surface area (Å²) in [5, 5.41) is -0.0828. The van der Waals surface area contributed by atoms with Gasteiger partial charge in [-0.3, -0.25) is 9.59 Å². The van der Waals surface area contributed by atoms with Crippen LogP contribution in [-0.4, -0.2) is 40.5 Å². The molecule has 36 heavy (non-hydrogen) atoms. The molecule has 200 valence electrons. The molecule has 2 aromatic rings. The lowest BCUT2D eigenvalue weighted by molar-refractivity contribution is 0.0928. The van der Waals surface area contributed by atoms with E-state index in [1.807, 2.05) is 26.8 Å². The van der Waals surface area contributed by atoms with Crippen LogP contribution >= 0.6 is 11.8 Å². The molecular formula is C26H40N4O4S2. The predicted molar refractivity (Wildman–Crippen MR) is 148 cm³/mol. The Kier molecular flexibility index (Phi) is 11.1. The standard InChI is InChI=1S/C13H20N2O3S.C13H20N2OS/c1-7(2)13(16)12-10(14)6-11(9(5)15-12)19(17,18)8(3)4;1-7(2)13(16)12-10(14)6-11(9(5)15-12)17-8(3)4/h6-8H,14H2,1-5H3;6-8H,14H2,1-5H3. The van der Waals surface area contributed by atoms with Gasteiger partial charge in [0.25, 0.3) is 0 Å². The number of nitrogen functional groups attached to an aromatic ring is 2. The van der Waals surface area contributed by atoms with Gasteiger partial charge in [0.2, 0.25) is 0 Å². The van der Waals surface area contributed by atoms with E-state index in [0.29, 0.717) is 22.3 Å². The maximum atomic E-state index is 12.1. The van der Waals surface area contributed by atoms with E-state index in [9.17, 15) is 18.0 Å². The van der Waals surface area contributed by atoms with Crippen molar-refractivity contribution in [1.82, 2.24) is 9.97 Å². The zero-order chi connectivity index (χ0) is 28.1. The van der Waals surface area contributed by atoms with Gasteiger partial charge in [-0.05, 0) is 39.8 Å². The van der Waals surface area contributed by atoms with Crippen LogP contribution in [-0.2, 0) is 9.84 Å². The van der Waals surface area contributed by atoms with E-state index >= 15 is 0 Å². The number of carbonyl (C=O) groups is 2. The predicted octanol–water partition coefficient (Wildman–Crippen LogP) is 5.30.